The molecule has 2 aromatic rings. The van der Waals surface area contributed by atoms with Crippen molar-refractivity contribution in [2.45, 2.75) is 30.6 Å². The number of H-pyrrole nitrogens is 1. The van der Waals surface area contributed by atoms with E-state index in [4.69, 9.17) is 0 Å². The lowest BCUT2D eigenvalue weighted by Gasteiger charge is -2.32. The van der Waals surface area contributed by atoms with E-state index < -0.39 is 15.8 Å². The van der Waals surface area contributed by atoms with Gasteiger partial charge >= 0.3 is 0 Å². The zero-order valence-electron chi connectivity index (χ0n) is 14.4. The molecule has 7 nitrogen and oxygen atoms in total. The number of benzene rings is 1. The molecule has 2 heterocycles. The number of carbonyl (C=O) groups is 1. The summed E-state index contributed by atoms with van der Waals surface area (Å²) in [5, 5.41) is 6.86. The summed E-state index contributed by atoms with van der Waals surface area (Å²) in [6.45, 7) is 2.31. The highest BCUT2D eigenvalue weighted by atomic mass is 32.2. The molecular weight excluding hydrogens is 359 g/mol. The Balaban J connectivity index is 1.62. The van der Waals surface area contributed by atoms with E-state index in [0.717, 1.165) is 30.7 Å². The number of nitrogens with one attached hydrogen (secondary N) is 2. The van der Waals surface area contributed by atoms with Gasteiger partial charge in [0.15, 0.2) is 0 Å². The van der Waals surface area contributed by atoms with Crippen molar-refractivity contribution < 1.29 is 17.6 Å². The third kappa shape index (κ3) is 4.10. The molecular formula is C17H21FN4O3S. The van der Waals surface area contributed by atoms with Crippen LogP contribution in [0, 0.1) is 12.7 Å². The maximum Gasteiger partial charge on any atom is 0.241 e. The number of hydrogen-bond donors (Lipinski definition) is 2. The molecule has 0 radical (unpaired) electrons. The van der Waals surface area contributed by atoms with E-state index in [1.165, 1.54) is 13.0 Å². The number of amides is 1. The standard InChI is InChI=1S/C17H21FN4O3S/c1-12-9-14(18)4-5-16(12)26(24,25)20-10-17(23)22-8-2-3-13(11-22)15-6-7-19-21-15/h4-7,9,13,20H,2-3,8,10-11H2,1H3,(H,19,21). The van der Waals surface area contributed by atoms with Crippen LogP contribution in [0.4, 0.5) is 4.39 Å². The van der Waals surface area contributed by atoms with Gasteiger partial charge in [-0.1, -0.05) is 0 Å². The van der Waals surface area contributed by atoms with Crippen LogP contribution in [0.2, 0.25) is 0 Å². The Hall–Kier alpha value is -2.26. The van der Waals surface area contributed by atoms with Crippen LogP contribution in [-0.2, 0) is 14.8 Å². The fourth-order valence-electron chi connectivity index (χ4n) is 3.21. The minimum absolute atomic E-state index is 0.0271. The van der Waals surface area contributed by atoms with Crippen molar-refractivity contribution in [3.05, 3.63) is 47.5 Å². The van der Waals surface area contributed by atoms with E-state index in [1.807, 2.05) is 6.07 Å². The van der Waals surface area contributed by atoms with Gasteiger partial charge in [0.25, 0.3) is 0 Å². The van der Waals surface area contributed by atoms with Gasteiger partial charge in [-0.3, -0.25) is 9.89 Å². The lowest BCUT2D eigenvalue weighted by atomic mass is 9.95. The zero-order valence-corrected chi connectivity index (χ0v) is 15.2. The molecule has 1 aromatic carbocycles. The molecule has 1 amide bonds. The molecule has 1 saturated heterocycles. The van der Waals surface area contributed by atoms with Crippen molar-refractivity contribution in [2.24, 2.45) is 0 Å². The van der Waals surface area contributed by atoms with Gasteiger partial charge in [-0.25, -0.2) is 17.5 Å². The number of hydrogen-bond acceptors (Lipinski definition) is 4. The summed E-state index contributed by atoms with van der Waals surface area (Å²) in [5.41, 5.74) is 1.27. The number of sulfonamides is 1. The number of piperidine rings is 1. The zero-order chi connectivity index (χ0) is 18.7. The maximum atomic E-state index is 13.2. The molecule has 0 aliphatic carbocycles. The van der Waals surface area contributed by atoms with E-state index in [9.17, 15) is 17.6 Å². The van der Waals surface area contributed by atoms with Crippen LogP contribution < -0.4 is 4.72 Å². The second kappa shape index (κ2) is 7.55. The molecule has 26 heavy (non-hydrogen) atoms. The summed E-state index contributed by atoms with van der Waals surface area (Å²) in [6, 6.07) is 5.32. The highest BCUT2D eigenvalue weighted by Gasteiger charge is 2.26. The molecule has 1 aliphatic heterocycles. The molecule has 3 rings (SSSR count). The van der Waals surface area contributed by atoms with E-state index in [-0.39, 0.29) is 23.3 Å². The summed E-state index contributed by atoms with van der Waals surface area (Å²) in [4.78, 5) is 14.1. The van der Waals surface area contributed by atoms with Crippen molar-refractivity contribution in [1.82, 2.24) is 19.8 Å². The number of rotatable bonds is 5. The van der Waals surface area contributed by atoms with Crippen molar-refractivity contribution >= 4 is 15.9 Å². The van der Waals surface area contributed by atoms with Crippen LogP contribution >= 0.6 is 0 Å². The van der Waals surface area contributed by atoms with Gasteiger partial charge in [0.05, 0.1) is 11.4 Å². The number of nitrogens with zero attached hydrogens (tertiary/aromatic N) is 2. The van der Waals surface area contributed by atoms with Crippen LogP contribution in [0.25, 0.3) is 0 Å². The van der Waals surface area contributed by atoms with E-state index in [0.29, 0.717) is 18.7 Å². The predicted octanol–water partition coefficient (Wildman–Crippen LogP) is 1.54. The van der Waals surface area contributed by atoms with Gasteiger partial charge in [0.1, 0.15) is 5.82 Å². The predicted molar refractivity (Wildman–Crippen MR) is 93.5 cm³/mol. The van der Waals surface area contributed by atoms with Crippen molar-refractivity contribution in [1.29, 1.82) is 0 Å². The Kier molecular flexibility index (Phi) is 5.38. The molecule has 1 atom stereocenters. The molecule has 1 aromatic heterocycles. The molecule has 0 saturated carbocycles. The number of aromatic nitrogens is 2. The fraction of sp³-hybridized carbons (Fsp3) is 0.412. The number of aromatic amines is 1. The molecule has 1 aliphatic rings. The monoisotopic (exact) mass is 380 g/mol. The summed E-state index contributed by atoms with van der Waals surface area (Å²) in [7, 11) is -3.88. The molecule has 0 bridgehead atoms. The third-order valence-corrected chi connectivity index (χ3v) is 6.14. The van der Waals surface area contributed by atoms with Crippen LogP contribution in [0.1, 0.15) is 30.0 Å². The summed E-state index contributed by atoms with van der Waals surface area (Å²) < 4.78 is 40.3. The van der Waals surface area contributed by atoms with E-state index in [2.05, 4.69) is 14.9 Å². The summed E-state index contributed by atoms with van der Waals surface area (Å²) >= 11 is 0. The van der Waals surface area contributed by atoms with Crippen LogP contribution in [0.3, 0.4) is 0 Å². The van der Waals surface area contributed by atoms with Gasteiger partial charge in [-0.15, -0.1) is 0 Å². The summed E-state index contributed by atoms with van der Waals surface area (Å²) in [5.74, 6) is -0.612. The SMILES string of the molecule is Cc1cc(F)ccc1S(=O)(=O)NCC(=O)N1CCCC(c2ccn[nH]2)C1. The molecule has 2 N–H and O–H groups in total. The Morgan fingerprint density at radius 2 is 2.23 bits per heavy atom. The van der Waals surface area contributed by atoms with Gasteiger partial charge in [-0.05, 0) is 49.6 Å². The van der Waals surface area contributed by atoms with E-state index in [1.54, 1.807) is 11.1 Å². The van der Waals surface area contributed by atoms with Crippen molar-refractivity contribution in [2.75, 3.05) is 19.6 Å². The van der Waals surface area contributed by atoms with Gasteiger partial charge in [-0.2, -0.15) is 5.10 Å². The largest absolute Gasteiger partial charge is 0.341 e. The van der Waals surface area contributed by atoms with Gasteiger partial charge in [0.2, 0.25) is 15.9 Å². The van der Waals surface area contributed by atoms with Crippen LogP contribution in [0.5, 0.6) is 0 Å². The lowest BCUT2D eigenvalue weighted by molar-refractivity contribution is -0.131. The lowest BCUT2D eigenvalue weighted by Crippen LogP contribution is -2.44. The molecule has 1 unspecified atom stereocenters. The number of aryl methyl sites for hydroxylation is 1. The first-order valence-corrected chi connectivity index (χ1v) is 9.88. The fourth-order valence-corrected chi connectivity index (χ4v) is 4.41. The first-order chi connectivity index (χ1) is 12.4. The Morgan fingerprint density at radius 3 is 2.92 bits per heavy atom. The third-order valence-electron chi connectivity index (χ3n) is 4.58. The number of carbonyl (C=O) groups excluding carboxylic acids is 1. The molecule has 9 heteroatoms. The smallest absolute Gasteiger partial charge is 0.241 e. The first-order valence-electron chi connectivity index (χ1n) is 8.39. The average Bonchev–Trinajstić information content (AvgIpc) is 3.14. The maximum absolute atomic E-state index is 13.2. The number of likely N-dealkylation sites (tertiary alicyclic amines) is 1. The Bertz CT molecular complexity index is 883. The van der Waals surface area contributed by atoms with Gasteiger partial charge in [0, 0.05) is 30.9 Å². The second-order valence-electron chi connectivity index (χ2n) is 6.43. The van der Waals surface area contributed by atoms with Crippen LogP contribution in [-0.4, -0.2) is 49.1 Å². The molecule has 140 valence electrons. The second-order valence-corrected chi connectivity index (χ2v) is 8.16. The summed E-state index contributed by atoms with van der Waals surface area (Å²) in [6.07, 6.45) is 3.47. The normalized spacial score (nSPS) is 18.1. The van der Waals surface area contributed by atoms with Gasteiger partial charge < -0.3 is 4.90 Å². The van der Waals surface area contributed by atoms with Crippen molar-refractivity contribution in [3.63, 3.8) is 0 Å². The van der Waals surface area contributed by atoms with E-state index >= 15 is 0 Å². The Morgan fingerprint density at radius 1 is 1.42 bits per heavy atom. The average molecular weight is 380 g/mol. The quantitative estimate of drug-likeness (QED) is 0.823. The number of halogens is 1. The topological polar surface area (TPSA) is 95.2 Å². The van der Waals surface area contributed by atoms with Crippen LogP contribution in [0.15, 0.2) is 35.4 Å². The molecule has 1 fully saturated rings. The molecule has 0 spiro atoms. The Labute approximate surface area is 151 Å². The highest BCUT2D eigenvalue weighted by Crippen LogP contribution is 2.25. The highest BCUT2D eigenvalue weighted by molar-refractivity contribution is 7.89. The minimum atomic E-state index is -3.88. The van der Waals surface area contributed by atoms with Crippen molar-refractivity contribution in [3.8, 4) is 0 Å². The minimum Gasteiger partial charge on any atom is -0.341 e. The first kappa shape index (κ1) is 18.5.